The van der Waals surface area contributed by atoms with Gasteiger partial charge in [-0.15, -0.1) is 5.26 Å². The van der Waals surface area contributed by atoms with E-state index in [1.165, 1.54) is 0 Å². The topological polar surface area (TPSA) is 23.8 Å². The Balaban J connectivity index is 2.47. The van der Waals surface area contributed by atoms with Crippen molar-refractivity contribution in [1.82, 2.24) is 0 Å². The highest BCUT2D eigenvalue weighted by Gasteiger charge is 2.17. The summed E-state index contributed by atoms with van der Waals surface area (Å²) in [5.74, 6) is 0. The van der Waals surface area contributed by atoms with Gasteiger partial charge in [0.2, 0.25) is 11.6 Å². The van der Waals surface area contributed by atoms with Crippen molar-refractivity contribution < 1.29 is 0 Å². The zero-order valence-electron chi connectivity index (χ0n) is 7.57. The average molecular weight is 178 g/mol. The van der Waals surface area contributed by atoms with Crippen LogP contribution in [0.2, 0.25) is 0 Å². The van der Waals surface area contributed by atoms with Gasteiger partial charge < -0.3 is 0 Å². The quantitative estimate of drug-likeness (QED) is 0.606. The number of allylic oxidation sites excluding steroid dienone is 6. The summed E-state index contributed by atoms with van der Waals surface area (Å²) >= 11 is 0. The number of benzene rings is 1. The fourth-order valence-electron chi connectivity index (χ4n) is 1.39. The smallest absolute Gasteiger partial charge is 0.121 e. The fraction of sp³-hybridized carbons (Fsp3) is 0. The molecule has 0 radical (unpaired) electrons. The van der Waals surface area contributed by atoms with E-state index in [4.69, 9.17) is 5.26 Å². The van der Waals surface area contributed by atoms with Crippen LogP contribution in [-0.2, 0) is 0 Å². The van der Waals surface area contributed by atoms with Crippen LogP contribution in [0, 0.1) is 17.4 Å². The molecule has 1 nitrogen and oxygen atoms in total. The molecule has 0 saturated carbocycles. The van der Waals surface area contributed by atoms with Crippen LogP contribution in [0.3, 0.4) is 0 Å². The molecule has 1 aromatic carbocycles. The molecular weight excluding hydrogens is 170 g/mol. The van der Waals surface area contributed by atoms with Crippen molar-refractivity contribution in [2.45, 2.75) is 0 Å². The summed E-state index contributed by atoms with van der Waals surface area (Å²) < 4.78 is 0. The Labute approximate surface area is 83.3 Å². The van der Waals surface area contributed by atoms with Gasteiger partial charge in [-0.1, -0.05) is 18.2 Å². The normalized spacial score (nSPS) is 13.6. The second kappa shape index (κ2) is 3.70. The Bertz CT molecular complexity index is 456. The van der Waals surface area contributed by atoms with Gasteiger partial charge in [0.1, 0.15) is 0 Å². The third-order valence-corrected chi connectivity index (χ3v) is 2.05. The molecule has 0 atom stereocenters. The summed E-state index contributed by atoms with van der Waals surface area (Å²) in [5, 5.41) is 8.90. The molecule has 14 heavy (non-hydrogen) atoms. The maximum atomic E-state index is 8.90. The van der Waals surface area contributed by atoms with Crippen molar-refractivity contribution in [3.63, 3.8) is 0 Å². The van der Waals surface area contributed by atoms with Crippen molar-refractivity contribution in [2.24, 2.45) is 0 Å². The first-order valence-electron chi connectivity index (χ1n) is 4.38. The zero-order chi connectivity index (χ0) is 9.80. The number of nitrogens with zero attached hydrogens (tertiary/aromatic N) is 1. The van der Waals surface area contributed by atoms with Crippen molar-refractivity contribution >= 4 is 5.57 Å². The van der Waals surface area contributed by atoms with E-state index in [1.807, 2.05) is 42.5 Å². The number of hydrogen-bond donors (Lipinski definition) is 0. The van der Waals surface area contributed by atoms with Crippen molar-refractivity contribution in [3.05, 3.63) is 65.8 Å². The van der Waals surface area contributed by atoms with Crippen LogP contribution in [-0.4, -0.2) is 0 Å². The molecule has 2 rings (SSSR count). The molecule has 0 bridgehead atoms. The summed E-state index contributed by atoms with van der Waals surface area (Å²) in [6.07, 6.45) is 8.51. The molecule has 1 heteroatoms. The van der Waals surface area contributed by atoms with Crippen LogP contribution in [0.25, 0.3) is 5.57 Å². The van der Waals surface area contributed by atoms with Gasteiger partial charge in [0.15, 0.2) is 0 Å². The van der Waals surface area contributed by atoms with Crippen molar-refractivity contribution in [2.75, 3.05) is 0 Å². The van der Waals surface area contributed by atoms with E-state index in [0.29, 0.717) is 5.57 Å². The van der Waals surface area contributed by atoms with Crippen molar-refractivity contribution in [3.8, 4) is 6.07 Å². The first-order chi connectivity index (χ1) is 6.92. The summed E-state index contributed by atoms with van der Waals surface area (Å²) in [4.78, 5) is 0. The molecule has 0 unspecified atom stereocenters. The highest BCUT2D eigenvalue weighted by Crippen LogP contribution is 2.24. The minimum atomic E-state index is 0.596. The molecule has 0 saturated heterocycles. The van der Waals surface area contributed by atoms with Gasteiger partial charge in [-0.2, -0.15) is 0 Å². The lowest BCUT2D eigenvalue weighted by atomic mass is 9.96. The molecule has 0 fully saturated rings. The zero-order valence-corrected chi connectivity index (χ0v) is 7.57. The van der Waals surface area contributed by atoms with Crippen LogP contribution in [0.4, 0.5) is 0 Å². The lowest BCUT2D eigenvalue weighted by Gasteiger charge is -1.98. The summed E-state index contributed by atoms with van der Waals surface area (Å²) in [5.41, 5.74) is 2.59. The minimum absolute atomic E-state index is 0.596. The summed E-state index contributed by atoms with van der Waals surface area (Å²) in [7, 11) is 0. The maximum Gasteiger partial charge on any atom is 0.243 e. The second-order valence-corrected chi connectivity index (χ2v) is 2.94. The van der Waals surface area contributed by atoms with Gasteiger partial charge in [0.05, 0.1) is 11.6 Å². The van der Waals surface area contributed by atoms with Crippen molar-refractivity contribution in [1.29, 1.82) is 5.26 Å². The lowest BCUT2D eigenvalue weighted by molar-refractivity contribution is 1.47. The Hall–Kier alpha value is -2.16. The predicted octanol–water partition coefficient (Wildman–Crippen LogP) is 2.89. The molecule has 1 aliphatic rings. The van der Waals surface area contributed by atoms with E-state index in [1.54, 1.807) is 6.08 Å². The third-order valence-electron chi connectivity index (χ3n) is 2.05. The lowest BCUT2D eigenvalue weighted by Crippen LogP contribution is -1.90. The molecule has 0 spiro atoms. The standard InChI is InChI=1S/C13H8N/c14-10-12-8-4-5-9-13(12)11-6-2-1-3-7-11/h1-7,9H/q+1. The van der Waals surface area contributed by atoms with E-state index in [9.17, 15) is 0 Å². The van der Waals surface area contributed by atoms with E-state index < -0.39 is 0 Å². The van der Waals surface area contributed by atoms with Crippen LogP contribution in [0.1, 0.15) is 5.56 Å². The molecule has 1 aliphatic carbocycles. The molecule has 64 valence electrons. The molecular formula is C13H8N+. The fourth-order valence-corrected chi connectivity index (χ4v) is 1.39. The van der Waals surface area contributed by atoms with Crippen LogP contribution >= 0.6 is 0 Å². The Morgan fingerprint density at radius 2 is 1.93 bits per heavy atom. The molecule has 0 heterocycles. The molecule has 0 aromatic heterocycles. The van der Waals surface area contributed by atoms with Gasteiger partial charge >= 0.3 is 0 Å². The minimum Gasteiger partial charge on any atom is -0.121 e. The van der Waals surface area contributed by atoms with Gasteiger partial charge in [0.25, 0.3) is 0 Å². The largest absolute Gasteiger partial charge is 0.243 e. The molecule has 1 aromatic rings. The Morgan fingerprint density at radius 3 is 2.64 bits per heavy atom. The predicted molar refractivity (Wildman–Crippen MR) is 55.9 cm³/mol. The monoisotopic (exact) mass is 178 g/mol. The average Bonchev–Trinajstić information content (AvgIpc) is 2.30. The number of rotatable bonds is 1. The third kappa shape index (κ3) is 1.47. The van der Waals surface area contributed by atoms with E-state index in [-0.39, 0.29) is 0 Å². The Morgan fingerprint density at radius 1 is 1.14 bits per heavy atom. The highest BCUT2D eigenvalue weighted by molar-refractivity contribution is 5.84. The maximum absolute atomic E-state index is 8.90. The second-order valence-electron chi connectivity index (χ2n) is 2.94. The summed E-state index contributed by atoms with van der Waals surface area (Å²) in [6, 6.07) is 12.0. The summed E-state index contributed by atoms with van der Waals surface area (Å²) in [6.45, 7) is 0. The number of hydrogen-bond acceptors (Lipinski definition) is 1. The molecule has 0 amide bonds. The van der Waals surface area contributed by atoms with E-state index in [0.717, 1.165) is 11.1 Å². The van der Waals surface area contributed by atoms with Crippen LogP contribution < -0.4 is 0 Å². The first kappa shape index (κ1) is 8.44. The van der Waals surface area contributed by atoms with Crippen LogP contribution in [0.5, 0.6) is 0 Å². The molecule has 0 aliphatic heterocycles. The van der Waals surface area contributed by atoms with Gasteiger partial charge in [-0.05, 0) is 12.1 Å². The number of nitriles is 1. The van der Waals surface area contributed by atoms with Gasteiger partial charge in [-0.3, -0.25) is 0 Å². The molecule has 0 N–H and O–H groups in total. The van der Waals surface area contributed by atoms with E-state index >= 15 is 0 Å². The Kier molecular flexibility index (Phi) is 2.23. The van der Waals surface area contributed by atoms with Gasteiger partial charge in [0, 0.05) is 23.8 Å². The SMILES string of the molecule is N#CC1=[C+]C=CC=C1c1ccccc1. The van der Waals surface area contributed by atoms with Gasteiger partial charge in [-0.25, -0.2) is 0 Å². The van der Waals surface area contributed by atoms with Crippen LogP contribution in [0.15, 0.2) is 54.1 Å². The first-order valence-corrected chi connectivity index (χ1v) is 4.38. The van der Waals surface area contributed by atoms with E-state index in [2.05, 4.69) is 12.1 Å². The highest BCUT2D eigenvalue weighted by atomic mass is 14.3.